The van der Waals surface area contributed by atoms with Gasteiger partial charge in [-0.15, -0.1) is 0 Å². The van der Waals surface area contributed by atoms with Crippen LogP contribution in [0.5, 0.6) is 5.75 Å². The SMILES string of the molecule is CCc1cccc(OCC(=O)N2CCOCC2)c1. The smallest absolute Gasteiger partial charge is 0.260 e. The molecule has 1 amide bonds. The second-order valence-electron chi connectivity index (χ2n) is 4.28. The van der Waals surface area contributed by atoms with E-state index in [1.165, 1.54) is 5.56 Å². The summed E-state index contributed by atoms with van der Waals surface area (Å²) in [7, 11) is 0. The fraction of sp³-hybridized carbons (Fsp3) is 0.500. The summed E-state index contributed by atoms with van der Waals surface area (Å²) in [5.41, 5.74) is 1.21. The fourth-order valence-electron chi connectivity index (χ4n) is 1.90. The predicted molar refractivity (Wildman–Crippen MR) is 68.7 cm³/mol. The highest BCUT2D eigenvalue weighted by molar-refractivity contribution is 5.77. The zero-order valence-corrected chi connectivity index (χ0v) is 10.7. The summed E-state index contributed by atoms with van der Waals surface area (Å²) < 4.78 is 10.7. The summed E-state index contributed by atoms with van der Waals surface area (Å²) in [6, 6.07) is 7.86. The van der Waals surface area contributed by atoms with Gasteiger partial charge in [0, 0.05) is 13.1 Å². The quantitative estimate of drug-likeness (QED) is 0.811. The van der Waals surface area contributed by atoms with Crippen molar-refractivity contribution in [2.24, 2.45) is 0 Å². The molecule has 0 aromatic heterocycles. The summed E-state index contributed by atoms with van der Waals surface area (Å²) in [6.45, 7) is 4.77. The minimum Gasteiger partial charge on any atom is -0.484 e. The molecule has 0 atom stereocenters. The number of benzene rings is 1. The molecule has 0 bridgehead atoms. The van der Waals surface area contributed by atoms with Crippen molar-refractivity contribution in [3.05, 3.63) is 29.8 Å². The van der Waals surface area contributed by atoms with Gasteiger partial charge in [-0.3, -0.25) is 4.79 Å². The van der Waals surface area contributed by atoms with Gasteiger partial charge in [0.15, 0.2) is 6.61 Å². The van der Waals surface area contributed by atoms with E-state index < -0.39 is 0 Å². The molecular formula is C14H19NO3. The number of rotatable bonds is 4. The lowest BCUT2D eigenvalue weighted by Crippen LogP contribution is -2.42. The van der Waals surface area contributed by atoms with E-state index in [0.29, 0.717) is 26.3 Å². The van der Waals surface area contributed by atoms with Crippen LogP contribution in [0.2, 0.25) is 0 Å². The molecular weight excluding hydrogens is 230 g/mol. The minimum atomic E-state index is 0.0280. The van der Waals surface area contributed by atoms with Crippen molar-refractivity contribution < 1.29 is 14.3 Å². The van der Waals surface area contributed by atoms with Gasteiger partial charge in [-0.05, 0) is 24.1 Å². The highest BCUT2D eigenvalue weighted by Gasteiger charge is 2.16. The number of hydrogen-bond donors (Lipinski definition) is 0. The first-order chi connectivity index (χ1) is 8.79. The van der Waals surface area contributed by atoms with Crippen LogP contribution in [0.4, 0.5) is 0 Å². The van der Waals surface area contributed by atoms with E-state index in [1.807, 2.05) is 18.2 Å². The summed E-state index contributed by atoms with van der Waals surface area (Å²) in [5, 5.41) is 0. The molecule has 0 aliphatic carbocycles. The number of carbonyl (C=O) groups excluding carboxylic acids is 1. The third kappa shape index (κ3) is 3.47. The zero-order chi connectivity index (χ0) is 12.8. The zero-order valence-electron chi connectivity index (χ0n) is 10.7. The van der Waals surface area contributed by atoms with E-state index in [4.69, 9.17) is 9.47 Å². The van der Waals surface area contributed by atoms with Crippen LogP contribution in [0.3, 0.4) is 0 Å². The van der Waals surface area contributed by atoms with Crippen LogP contribution in [-0.2, 0) is 16.0 Å². The topological polar surface area (TPSA) is 38.8 Å². The van der Waals surface area contributed by atoms with Crippen LogP contribution in [0.1, 0.15) is 12.5 Å². The molecule has 1 aliphatic heterocycles. The van der Waals surface area contributed by atoms with Crippen LogP contribution < -0.4 is 4.74 Å². The van der Waals surface area contributed by atoms with E-state index >= 15 is 0 Å². The second kappa shape index (κ2) is 6.40. The van der Waals surface area contributed by atoms with Gasteiger partial charge in [-0.25, -0.2) is 0 Å². The molecule has 1 heterocycles. The Balaban J connectivity index is 1.84. The van der Waals surface area contributed by atoms with E-state index in [2.05, 4.69) is 13.0 Å². The maximum absolute atomic E-state index is 11.9. The molecule has 98 valence electrons. The first-order valence-corrected chi connectivity index (χ1v) is 6.37. The number of carbonyl (C=O) groups is 1. The molecule has 2 rings (SSSR count). The van der Waals surface area contributed by atoms with Crippen molar-refractivity contribution in [2.45, 2.75) is 13.3 Å². The molecule has 0 radical (unpaired) electrons. The maximum Gasteiger partial charge on any atom is 0.260 e. The molecule has 0 N–H and O–H groups in total. The number of morpholine rings is 1. The Morgan fingerprint density at radius 2 is 2.17 bits per heavy atom. The molecule has 1 aliphatic rings. The number of ether oxygens (including phenoxy) is 2. The average Bonchev–Trinajstić information content (AvgIpc) is 2.46. The predicted octanol–water partition coefficient (Wildman–Crippen LogP) is 1.49. The molecule has 1 saturated heterocycles. The largest absolute Gasteiger partial charge is 0.484 e. The van der Waals surface area contributed by atoms with Crippen molar-refractivity contribution in [3.63, 3.8) is 0 Å². The lowest BCUT2D eigenvalue weighted by atomic mass is 10.2. The molecule has 18 heavy (non-hydrogen) atoms. The van der Waals surface area contributed by atoms with Crippen molar-refractivity contribution in [1.82, 2.24) is 4.90 Å². The van der Waals surface area contributed by atoms with Gasteiger partial charge >= 0.3 is 0 Å². The number of hydrogen-bond acceptors (Lipinski definition) is 3. The molecule has 4 heteroatoms. The van der Waals surface area contributed by atoms with Gasteiger partial charge in [-0.2, -0.15) is 0 Å². The van der Waals surface area contributed by atoms with Gasteiger partial charge in [0.25, 0.3) is 5.91 Å². The molecule has 1 fully saturated rings. The van der Waals surface area contributed by atoms with Crippen molar-refractivity contribution >= 4 is 5.91 Å². The Morgan fingerprint density at radius 1 is 1.39 bits per heavy atom. The average molecular weight is 249 g/mol. The Bertz CT molecular complexity index is 400. The molecule has 1 aromatic carbocycles. The van der Waals surface area contributed by atoms with E-state index in [9.17, 15) is 4.79 Å². The minimum absolute atomic E-state index is 0.0280. The summed E-state index contributed by atoms with van der Waals surface area (Å²) >= 11 is 0. The Hall–Kier alpha value is -1.55. The normalized spacial score (nSPS) is 15.5. The number of amides is 1. The maximum atomic E-state index is 11.9. The Labute approximate surface area is 107 Å². The van der Waals surface area contributed by atoms with Gasteiger partial charge < -0.3 is 14.4 Å². The van der Waals surface area contributed by atoms with Gasteiger partial charge in [-0.1, -0.05) is 19.1 Å². The summed E-state index contributed by atoms with van der Waals surface area (Å²) in [4.78, 5) is 13.7. The van der Waals surface area contributed by atoms with E-state index in [1.54, 1.807) is 4.90 Å². The van der Waals surface area contributed by atoms with E-state index in [-0.39, 0.29) is 12.5 Å². The summed E-state index contributed by atoms with van der Waals surface area (Å²) in [6.07, 6.45) is 0.967. The van der Waals surface area contributed by atoms with Crippen molar-refractivity contribution in [2.75, 3.05) is 32.9 Å². The lowest BCUT2D eigenvalue weighted by Gasteiger charge is -2.26. The van der Waals surface area contributed by atoms with Crippen LogP contribution in [-0.4, -0.2) is 43.7 Å². The number of aryl methyl sites for hydroxylation is 1. The van der Waals surface area contributed by atoms with Gasteiger partial charge in [0.1, 0.15) is 5.75 Å². The highest BCUT2D eigenvalue weighted by Crippen LogP contribution is 2.13. The first kappa shape index (κ1) is 12.9. The number of nitrogens with zero attached hydrogens (tertiary/aromatic N) is 1. The van der Waals surface area contributed by atoms with Crippen LogP contribution >= 0.6 is 0 Å². The Kier molecular flexibility index (Phi) is 4.59. The third-order valence-electron chi connectivity index (χ3n) is 3.03. The molecule has 0 spiro atoms. The van der Waals surface area contributed by atoms with E-state index in [0.717, 1.165) is 12.2 Å². The van der Waals surface area contributed by atoms with Crippen molar-refractivity contribution in [3.8, 4) is 5.75 Å². The van der Waals surface area contributed by atoms with Crippen LogP contribution in [0.25, 0.3) is 0 Å². The lowest BCUT2D eigenvalue weighted by molar-refractivity contribution is -0.137. The van der Waals surface area contributed by atoms with Crippen molar-refractivity contribution in [1.29, 1.82) is 0 Å². The first-order valence-electron chi connectivity index (χ1n) is 6.37. The Morgan fingerprint density at radius 3 is 2.89 bits per heavy atom. The molecule has 0 saturated carbocycles. The highest BCUT2D eigenvalue weighted by atomic mass is 16.5. The monoisotopic (exact) mass is 249 g/mol. The second-order valence-corrected chi connectivity index (χ2v) is 4.28. The molecule has 1 aromatic rings. The summed E-state index contributed by atoms with van der Waals surface area (Å²) in [5.74, 6) is 0.788. The fourth-order valence-corrected chi connectivity index (χ4v) is 1.90. The molecule has 0 unspecified atom stereocenters. The van der Waals surface area contributed by atoms with Crippen LogP contribution in [0, 0.1) is 0 Å². The molecule has 4 nitrogen and oxygen atoms in total. The third-order valence-corrected chi connectivity index (χ3v) is 3.03. The van der Waals surface area contributed by atoms with Gasteiger partial charge in [0.2, 0.25) is 0 Å². The van der Waals surface area contributed by atoms with Crippen LogP contribution in [0.15, 0.2) is 24.3 Å². The standard InChI is InChI=1S/C14H19NO3/c1-2-12-4-3-5-13(10-12)18-11-14(16)15-6-8-17-9-7-15/h3-5,10H,2,6-9,11H2,1H3. The van der Waals surface area contributed by atoms with Gasteiger partial charge in [0.05, 0.1) is 13.2 Å².